The Morgan fingerprint density at radius 3 is 2.16 bits per heavy atom. The number of hydrogen-bond donors (Lipinski definition) is 2. The van der Waals surface area contributed by atoms with Crippen LogP contribution in [-0.4, -0.2) is 65.9 Å². The molecule has 0 aliphatic carbocycles. The zero-order valence-corrected chi connectivity index (χ0v) is 22.3. The van der Waals surface area contributed by atoms with Gasteiger partial charge in [0.15, 0.2) is 24.4 Å². The van der Waals surface area contributed by atoms with Gasteiger partial charge < -0.3 is 14.2 Å². The van der Waals surface area contributed by atoms with Crippen LogP contribution in [0.15, 0.2) is 59.5 Å². The SMILES string of the molecule is COc1ccc(C(=CCCCOc2ccc(S(=O)(=O)C3(C(=O)NO)CCOCC3)cc2)S(C)(=O)=O)cc1. The smallest absolute Gasteiger partial charge is 0.265 e. The van der Waals surface area contributed by atoms with E-state index < -0.39 is 30.3 Å². The maximum atomic E-state index is 13.3. The van der Waals surface area contributed by atoms with Crippen molar-refractivity contribution in [2.24, 2.45) is 0 Å². The Morgan fingerprint density at radius 1 is 1.03 bits per heavy atom. The van der Waals surface area contributed by atoms with Gasteiger partial charge >= 0.3 is 0 Å². The lowest BCUT2D eigenvalue weighted by atomic mass is 9.98. The number of amides is 1. The van der Waals surface area contributed by atoms with E-state index in [1.165, 1.54) is 36.9 Å². The van der Waals surface area contributed by atoms with Gasteiger partial charge in [0.05, 0.1) is 23.5 Å². The quantitative estimate of drug-likeness (QED) is 0.244. The molecule has 1 amide bonds. The van der Waals surface area contributed by atoms with Crippen LogP contribution >= 0.6 is 0 Å². The van der Waals surface area contributed by atoms with Gasteiger partial charge in [-0.25, -0.2) is 22.3 Å². The molecule has 0 radical (unpaired) electrons. The fourth-order valence-electron chi connectivity index (χ4n) is 4.11. The molecule has 1 aliphatic heterocycles. The minimum Gasteiger partial charge on any atom is -0.497 e. The summed E-state index contributed by atoms with van der Waals surface area (Å²) >= 11 is 0. The molecule has 0 atom stereocenters. The molecule has 0 spiro atoms. The van der Waals surface area contributed by atoms with Crippen molar-refractivity contribution in [3.05, 3.63) is 60.2 Å². The molecule has 37 heavy (non-hydrogen) atoms. The molecule has 1 aliphatic rings. The molecule has 0 saturated carbocycles. The summed E-state index contributed by atoms with van der Waals surface area (Å²) in [5.74, 6) is 0.0738. The number of ether oxygens (including phenoxy) is 3. The molecule has 1 heterocycles. The number of sulfone groups is 2. The van der Waals surface area contributed by atoms with Crippen molar-refractivity contribution in [1.29, 1.82) is 0 Å². The normalized spacial score (nSPS) is 16.1. The molecule has 1 saturated heterocycles. The third kappa shape index (κ3) is 6.50. The highest BCUT2D eigenvalue weighted by Crippen LogP contribution is 2.35. The molecule has 12 heteroatoms. The van der Waals surface area contributed by atoms with Crippen molar-refractivity contribution in [2.45, 2.75) is 35.3 Å². The van der Waals surface area contributed by atoms with Crippen molar-refractivity contribution in [3.8, 4) is 11.5 Å². The molecule has 0 unspecified atom stereocenters. The van der Waals surface area contributed by atoms with Gasteiger partial charge in [-0.3, -0.25) is 10.0 Å². The lowest BCUT2D eigenvalue weighted by molar-refractivity contribution is -0.134. The van der Waals surface area contributed by atoms with Crippen LogP contribution in [-0.2, 0) is 29.2 Å². The highest BCUT2D eigenvalue weighted by Gasteiger charge is 2.52. The number of hydroxylamine groups is 1. The summed E-state index contributed by atoms with van der Waals surface area (Å²) in [6.07, 6.45) is 3.63. The standard InChI is InChI=1S/C25H31NO9S2/c1-33-20-8-6-19(7-9-20)23(36(2,29)30)5-3-4-16-35-21-10-12-22(13-11-21)37(31,32)25(24(27)26-28)14-17-34-18-15-25/h5-13,28H,3-4,14-18H2,1-2H3,(H,26,27). The lowest BCUT2D eigenvalue weighted by Crippen LogP contribution is -2.54. The van der Waals surface area contributed by atoms with Crippen LogP contribution < -0.4 is 15.0 Å². The summed E-state index contributed by atoms with van der Waals surface area (Å²) in [5, 5.41) is 9.14. The maximum Gasteiger partial charge on any atom is 0.265 e. The van der Waals surface area contributed by atoms with E-state index >= 15 is 0 Å². The largest absolute Gasteiger partial charge is 0.497 e. The Balaban J connectivity index is 1.63. The van der Waals surface area contributed by atoms with Gasteiger partial charge in [-0.15, -0.1) is 0 Å². The van der Waals surface area contributed by atoms with E-state index in [-0.39, 0.29) is 42.5 Å². The first-order valence-corrected chi connectivity index (χ1v) is 15.0. The first kappa shape index (κ1) is 28.6. The highest BCUT2D eigenvalue weighted by molar-refractivity contribution is 8.00. The van der Waals surface area contributed by atoms with E-state index in [9.17, 15) is 21.6 Å². The van der Waals surface area contributed by atoms with Gasteiger partial charge in [0, 0.05) is 19.5 Å². The maximum absolute atomic E-state index is 13.3. The monoisotopic (exact) mass is 553 g/mol. The summed E-state index contributed by atoms with van der Waals surface area (Å²) in [6, 6.07) is 12.5. The summed E-state index contributed by atoms with van der Waals surface area (Å²) in [4.78, 5) is 12.5. The molecular formula is C25H31NO9S2. The van der Waals surface area contributed by atoms with Crippen LogP contribution in [0.4, 0.5) is 0 Å². The van der Waals surface area contributed by atoms with Crippen LogP contribution in [0.2, 0.25) is 0 Å². The van der Waals surface area contributed by atoms with Crippen molar-refractivity contribution < 1.29 is 41.0 Å². The Morgan fingerprint density at radius 2 is 1.62 bits per heavy atom. The molecule has 2 N–H and O–H groups in total. The van der Waals surface area contributed by atoms with E-state index in [4.69, 9.17) is 19.4 Å². The molecule has 202 valence electrons. The van der Waals surface area contributed by atoms with E-state index in [0.717, 1.165) is 6.26 Å². The zero-order chi connectivity index (χ0) is 27.1. The highest BCUT2D eigenvalue weighted by atomic mass is 32.2. The van der Waals surface area contributed by atoms with E-state index in [0.29, 0.717) is 29.9 Å². The minimum absolute atomic E-state index is 0.0643. The zero-order valence-electron chi connectivity index (χ0n) is 20.7. The van der Waals surface area contributed by atoms with Gasteiger partial charge in [-0.2, -0.15) is 0 Å². The summed E-state index contributed by atoms with van der Waals surface area (Å²) in [6.45, 7) is 0.444. The van der Waals surface area contributed by atoms with Crippen LogP contribution in [0, 0.1) is 0 Å². The Kier molecular flexibility index (Phi) is 9.35. The number of unbranched alkanes of at least 4 members (excludes halogenated alkanes) is 1. The number of benzene rings is 2. The van der Waals surface area contributed by atoms with Gasteiger partial charge in [-0.05, 0) is 67.6 Å². The van der Waals surface area contributed by atoms with Crippen molar-refractivity contribution >= 4 is 30.5 Å². The summed E-state index contributed by atoms with van der Waals surface area (Å²) in [5.41, 5.74) is 2.06. The fraction of sp³-hybridized carbons (Fsp3) is 0.400. The predicted molar refractivity (Wildman–Crippen MR) is 137 cm³/mol. The molecule has 10 nitrogen and oxygen atoms in total. The van der Waals surface area contributed by atoms with Crippen LogP contribution in [0.25, 0.3) is 4.91 Å². The van der Waals surface area contributed by atoms with E-state index in [2.05, 4.69) is 0 Å². The number of methoxy groups -OCH3 is 1. The number of hydrogen-bond acceptors (Lipinski definition) is 9. The van der Waals surface area contributed by atoms with Crippen molar-refractivity contribution in [3.63, 3.8) is 0 Å². The van der Waals surface area contributed by atoms with Crippen molar-refractivity contribution in [2.75, 3.05) is 33.2 Å². The van der Waals surface area contributed by atoms with Crippen molar-refractivity contribution in [1.82, 2.24) is 5.48 Å². The molecule has 3 rings (SSSR count). The topological polar surface area (TPSA) is 145 Å². The summed E-state index contributed by atoms with van der Waals surface area (Å²) < 4.78 is 65.3. The number of nitrogens with one attached hydrogen (secondary N) is 1. The van der Waals surface area contributed by atoms with Crippen LogP contribution in [0.3, 0.4) is 0 Å². The van der Waals surface area contributed by atoms with Crippen LogP contribution in [0.1, 0.15) is 31.2 Å². The second kappa shape index (κ2) is 12.1. The molecular weight excluding hydrogens is 522 g/mol. The molecule has 2 aromatic rings. The molecule has 0 aromatic heterocycles. The fourth-order valence-corrected chi connectivity index (χ4v) is 7.03. The third-order valence-electron chi connectivity index (χ3n) is 6.19. The average molecular weight is 554 g/mol. The average Bonchev–Trinajstić information content (AvgIpc) is 2.90. The minimum atomic E-state index is -4.12. The first-order valence-electron chi connectivity index (χ1n) is 11.6. The second-order valence-corrected chi connectivity index (χ2v) is 12.8. The molecule has 2 aromatic carbocycles. The number of carbonyl (C=O) groups excluding carboxylic acids is 1. The van der Waals surface area contributed by atoms with Gasteiger partial charge in [0.1, 0.15) is 11.5 Å². The van der Waals surface area contributed by atoms with Gasteiger partial charge in [-0.1, -0.05) is 18.2 Å². The lowest BCUT2D eigenvalue weighted by Gasteiger charge is -2.34. The molecule has 1 fully saturated rings. The second-order valence-electron chi connectivity index (χ2n) is 8.58. The predicted octanol–water partition coefficient (Wildman–Crippen LogP) is 2.77. The first-order chi connectivity index (χ1) is 17.5. The van der Waals surface area contributed by atoms with Crippen LogP contribution in [0.5, 0.6) is 11.5 Å². The molecule has 0 bridgehead atoms. The Hall–Kier alpha value is -2.93. The summed E-state index contributed by atoms with van der Waals surface area (Å²) in [7, 11) is -6.03. The van der Waals surface area contributed by atoms with Gasteiger partial charge in [0.25, 0.3) is 5.91 Å². The number of carbonyl (C=O) groups is 1. The number of rotatable bonds is 11. The van der Waals surface area contributed by atoms with E-state index in [1.807, 2.05) is 0 Å². The third-order valence-corrected chi connectivity index (χ3v) is 9.90. The Bertz CT molecular complexity index is 1310. The van der Waals surface area contributed by atoms with Gasteiger partial charge in [0.2, 0.25) is 0 Å². The number of allylic oxidation sites excluding steroid dienone is 1. The Labute approximate surface area is 217 Å². The van der Waals surface area contributed by atoms with E-state index in [1.54, 1.807) is 30.3 Å².